The molecular weight excluding hydrogens is 178 g/mol. The number of aromatic nitrogens is 2. The van der Waals surface area contributed by atoms with Gasteiger partial charge in [-0.2, -0.15) is 0 Å². The molecule has 0 aliphatic heterocycles. The standard InChI is InChI=1S/C10H11N3O/c1-6-2-3-8(11)7(4-6)10-12-5-9(14)13-10/h2-5,14H,11H2,1H3,(H,12,13). The van der Waals surface area contributed by atoms with E-state index in [9.17, 15) is 0 Å². The molecule has 0 aliphatic carbocycles. The average molecular weight is 189 g/mol. The van der Waals surface area contributed by atoms with Gasteiger partial charge >= 0.3 is 0 Å². The van der Waals surface area contributed by atoms with Crippen LogP contribution in [0.3, 0.4) is 0 Å². The number of nitrogen functional groups attached to an aromatic ring is 1. The molecule has 0 unspecified atom stereocenters. The second-order valence-electron chi connectivity index (χ2n) is 3.21. The number of aromatic hydroxyl groups is 1. The van der Waals surface area contributed by atoms with Gasteiger partial charge in [-0.15, -0.1) is 0 Å². The predicted octanol–water partition coefficient (Wildman–Crippen LogP) is 1.67. The van der Waals surface area contributed by atoms with Crippen LogP contribution >= 0.6 is 0 Å². The Balaban J connectivity index is 2.55. The first-order valence-electron chi connectivity index (χ1n) is 4.27. The number of imidazole rings is 1. The summed E-state index contributed by atoms with van der Waals surface area (Å²) in [5, 5.41) is 9.12. The van der Waals surface area contributed by atoms with Crippen LogP contribution in [-0.2, 0) is 0 Å². The van der Waals surface area contributed by atoms with E-state index < -0.39 is 0 Å². The molecule has 0 aliphatic rings. The number of hydrogen-bond donors (Lipinski definition) is 3. The molecule has 0 atom stereocenters. The first kappa shape index (κ1) is 8.62. The highest BCUT2D eigenvalue weighted by atomic mass is 16.3. The summed E-state index contributed by atoms with van der Waals surface area (Å²) in [5.41, 5.74) is 8.34. The molecule has 1 aromatic carbocycles. The van der Waals surface area contributed by atoms with Crippen LogP contribution in [0, 0.1) is 6.92 Å². The van der Waals surface area contributed by atoms with Gasteiger partial charge in [0.1, 0.15) is 5.82 Å². The van der Waals surface area contributed by atoms with Crippen molar-refractivity contribution in [2.45, 2.75) is 6.92 Å². The molecule has 0 saturated heterocycles. The summed E-state index contributed by atoms with van der Waals surface area (Å²) in [6.45, 7) is 1.98. The van der Waals surface area contributed by atoms with E-state index in [-0.39, 0.29) is 5.88 Å². The molecule has 2 rings (SSSR count). The number of aromatic amines is 1. The molecule has 0 saturated carbocycles. The smallest absolute Gasteiger partial charge is 0.208 e. The number of benzene rings is 1. The average Bonchev–Trinajstić information content (AvgIpc) is 2.56. The largest absolute Gasteiger partial charge is 0.493 e. The zero-order valence-electron chi connectivity index (χ0n) is 7.78. The van der Waals surface area contributed by atoms with Crippen LogP contribution in [0.15, 0.2) is 24.4 Å². The number of nitrogens with two attached hydrogens (primary N) is 1. The Morgan fingerprint density at radius 2 is 2.21 bits per heavy atom. The predicted molar refractivity (Wildman–Crippen MR) is 54.8 cm³/mol. The number of H-pyrrole nitrogens is 1. The van der Waals surface area contributed by atoms with Crippen molar-refractivity contribution in [3.63, 3.8) is 0 Å². The minimum atomic E-state index is 0.0425. The molecule has 4 N–H and O–H groups in total. The number of aryl methyl sites for hydroxylation is 1. The van der Waals surface area contributed by atoms with E-state index in [4.69, 9.17) is 10.8 Å². The fraction of sp³-hybridized carbons (Fsp3) is 0.100. The second kappa shape index (κ2) is 3.06. The van der Waals surface area contributed by atoms with Crippen molar-refractivity contribution in [3.8, 4) is 17.3 Å². The van der Waals surface area contributed by atoms with Gasteiger partial charge in [-0.05, 0) is 19.1 Å². The lowest BCUT2D eigenvalue weighted by atomic mass is 10.1. The Bertz CT molecular complexity index is 462. The topological polar surface area (TPSA) is 74.9 Å². The summed E-state index contributed by atoms with van der Waals surface area (Å²) >= 11 is 0. The van der Waals surface area contributed by atoms with E-state index in [1.807, 2.05) is 25.1 Å². The molecule has 0 fully saturated rings. The van der Waals surface area contributed by atoms with Gasteiger partial charge in [0, 0.05) is 11.3 Å². The SMILES string of the molecule is Cc1ccc(N)c(-c2ncc(O)[nH]2)c1. The Morgan fingerprint density at radius 1 is 1.43 bits per heavy atom. The van der Waals surface area contributed by atoms with Crippen molar-refractivity contribution in [1.29, 1.82) is 0 Å². The molecule has 72 valence electrons. The van der Waals surface area contributed by atoms with Crippen molar-refractivity contribution in [2.75, 3.05) is 5.73 Å². The maximum absolute atomic E-state index is 9.12. The highest BCUT2D eigenvalue weighted by Crippen LogP contribution is 2.25. The molecule has 14 heavy (non-hydrogen) atoms. The van der Waals surface area contributed by atoms with Gasteiger partial charge in [0.05, 0.1) is 6.20 Å². The quantitative estimate of drug-likeness (QED) is 0.597. The second-order valence-corrected chi connectivity index (χ2v) is 3.21. The third kappa shape index (κ3) is 1.42. The van der Waals surface area contributed by atoms with Crippen LogP contribution in [-0.4, -0.2) is 15.1 Å². The van der Waals surface area contributed by atoms with Gasteiger partial charge in [0.2, 0.25) is 5.88 Å². The number of nitrogens with zero attached hydrogens (tertiary/aromatic N) is 1. The lowest BCUT2D eigenvalue weighted by Crippen LogP contribution is -1.91. The lowest BCUT2D eigenvalue weighted by Gasteiger charge is -2.03. The molecule has 4 heteroatoms. The molecule has 2 aromatic rings. The van der Waals surface area contributed by atoms with Crippen LogP contribution in [0.4, 0.5) is 5.69 Å². The zero-order valence-corrected chi connectivity index (χ0v) is 7.78. The van der Waals surface area contributed by atoms with Gasteiger partial charge in [0.15, 0.2) is 0 Å². The van der Waals surface area contributed by atoms with Crippen molar-refractivity contribution in [3.05, 3.63) is 30.0 Å². The van der Waals surface area contributed by atoms with Crippen molar-refractivity contribution in [2.24, 2.45) is 0 Å². The maximum Gasteiger partial charge on any atom is 0.208 e. The first-order chi connectivity index (χ1) is 6.66. The monoisotopic (exact) mass is 189 g/mol. The molecule has 0 amide bonds. The zero-order chi connectivity index (χ0) is 10.1. The lowest BCUT2D eigenvalue weighted by molar-refractivity contribution is 0.457. The van der Waals surface area contributed by atoms with Crippen LogP contribution in [0.5, 0.6) is 5.88 Å². The third-order valence-corrected chi connectivity index (χ3v) is 2.03. The normalized spacial score (nSPS) is 10.4. The Morgan fingerprint density at radius 3 is 2.86 bits per heavy atom. The highest BCUT2D eigenvalue weighted by Gasteiger charge is 2.06. The first-order valence-corrected chi connectivity index (χ1v) is 4.27. The van der Waals surface area contributed by atoms with E-state index in [1.165, 1.54) is 6.20 Å². The van der Waals surface area contributed by atoms with E-state index in [1.54, 1.807) is 0 Å². The molecule has 0 bridgehead atoms. The minimum absolute atomic E-state index is 0.0425. The van der Waals surface area contributed by atoms with Gasteiger partial charge < -0.3 is 15.8 Å². The molecule has 1 heterocycles. The number of hydrogen-bond acceptors (Lipinski definition) is 3. The van der Waals surface area contributed by atoms with Crippen LogP contribution in [0.2, 0.25) is 0 Å². The highest BCUT2D eigenvalue weighted by molar-refractivity contribution is 5.72. The van der Waals surface area contributed by atoms with Gasteiger partial charge in [-0.3, -0.25) is 0 Å². The molecule has 0 radical (unpaired) electrons. The summed E-state index contributed by atoms with van der Waals surface area (Å²) in [5.74, 6) is 0.629. The van der Waals surface area contributed by atoms with Gasteiger partial charge in [-0.25, -0.2) is 4.98 Å². The Kier molecular flexibility index (Phi) is 1.89. The molecule has 0 spiro atoms. The number of rotatable bonds is 1. The number of nitrogens with one attached hydrogen (secondary N) is 1. The summed E-state index contributed by atoms with van der Waals surface area (Å²) in [4.78, 5) is 6.73. The van der Waals surface area contributed by atoms with Gasteiger partial charge in [-0.1, -0.05) is 11.6 Å². The van der Waals surface area contributed by atoms with Crippen molar-refractivity contribution < 1.29 is 5.11 Å². The summed E-state index contributed by atoms with van der Waals surface area (Å²) in [7, 11) is 0. The van der Waals surface area contributed by atoms with E-state index in [0.717, 1.165) is 11.1 Å². The number of anilines is 1. The van der Waals surface area contributed by atoms with Crippen molar-refractivity contribution in [1.82, 2.24) is 9.97 Å². The minimum Gasteiger partial charge on any atom is -0.493 e. The summed E-state index contributed by atoms with van der Waals surface area (Å²) in [6, 6.07) is 5.68. The molecule has 1 aromatic heterocycles. The van der Waals surface area contributed by atoms with E-state index >= 15 is 0 Å². The summed E-state index contributed by atoms with van der Waals surface area (Å²) in [6.07, 6.45) is 1.36. The van der Waals surface area contributed by atoms with Crippen LogP contribution < -0.4 is 5.73 Å². The van der Waals surface area contributed by atoms with E-state index in [0.29, 0.717) is 11.5 Å². The van der Waals surface area contributed by atoms with Crippen LogP contribution in [0.1, 0.15) is 5.56 Å². The van der Waals surface area contributed by atoms with Crippen molar-refractivity contribution >= 4 is 5.69 Å². The maximum atomic E-state index is 9.12. The molecule has 4 nitrogen and oxygen atoms in total. The summed E-state index contributed by atoms with van der Waals surface area (Å²) < 4.78 is 0. The Labute approximate surface area is 81.4 Å². The fourth-order valence-corrected chi connectivity index (χ4v) is 1.32. The Hall–Kier alpha value is -1.97. The molecular formula is C10H11N3O. The van der Waals surface area contributed by atoms with E-state index in [2.05, 4.69) is 9.97 Å². The third-order valence-electron chi connectivity index (χ3n) is 2.03. The van der Waals surface area contributed by atoms with Crippen LogP contribution in [0.25, 0.3) is 11.4 Å². The fourth-order valence-electron chi connectivity index (χ4n) is 1.32. The van der Waals surface area contributed by atoms with Gasteiger partial charge in [0.25, 0.3) is 0 Å².